The average molecular weight is 237 g/mol. The lowest BCUT2D eigenvalue weighted by atomic mass is 9.98. The summed E-state index contributed by atoms with van der Waals surface area (Å²) in [4.78, 5) is 2.45. The second kappa shape index (κ2) is 5.19. The maximum atomic E-state index is 9.25. The van der Waals surface area contributed by atoms with Gasteiger partial charge in [0.2, 0.25) is 0 Å². The highest BCUT2D eigenvalue weighted by atomic mass is 16.3. The molecule has 1 aliphatic rings. The predicted molar refractivity (Wildman–Crippen MR) is 67.8 cm³/mol. The largest absolute Gasteiger partial charge is 0.396 e. The fraction of sp³-hybridized carbons (Fsp3) is 0.769. The molecule has 0 radical (unpaired) electrons. The van der Waals surface area contributed by atoms with Gasteiger partial charge in [-0.25, -0.2) is 0 Å². The third-order valence-corrected chi connectivity index (χ3v) is 3.90. The van der Waals surface area contributed by atoms with Crippen molar-refractivity contribution in [1.29, 1.82) is 0 Å². The van der Waals surface area contributed by atoms with E-state index >= 15 is 0 Å². The van der Waals surface area contributed by atoms with E-state index in [2.05, 4.69) is 23.8 Å². The number of rotatable bonds is 3. The minimum Gasteiger partial charge on any atom is -0.396 e. The lowest BCUT2D eigenvalue weighted by Crippen LogP contribution is -2.36. The van der Waals surface area contributed by atoms with Gasteiger partial charge in [-0.1, -0.05) is 0 Å². The highest BCUT2D eigenvalue weighted by Gasteiger charge is 2.21. The summed E-state index contributed by atoms with van der Waals surface area (Å²) in [5.41, 5.74) is 3.75. The molecule has 2 heterocycles. The quantitative estimate of drug-likeness (QED) is 0.860. The van der Waals surface area contributed by atoms with Crippen LogP contribution in [-0.4, -0.2) is 39.5 Å². The van der Waals surface area contributed by atoms with E-state index < -0.39 is 0 Å². The van der Waals surface area contributed by atoms with Crippen molar-refractivity contribution in [2.45, 2.75) is 33.2 Å². The monoisotopic (exact) mass is 237 g/mol. The van der Waals surface area contributed by atoms with Crippen LogP contribution in [0.15, 0.2) is 0 Å². The Labute approximate surface area is 103 Å². The Morgan fingerprint density at radius 2 is 2.18 bits per heavy atom. The van der Waals surface area contributed by atoms with Crippen LogP contribution in [0.1, 0.15) is 29.8 Å². The Bertz CT molecular complexity index is 386. The summed E-state index contributed by atoms with van der Waals surface area (Å²) in [5.74, 6) is 0.459. The lowest BCUT2D eigenvalue weighted by Gasteiger charge is -2.31. The van der Waals surface area contributed by atoms with Gasteiger partial charge in [-0.2, -0.15) is 5.10 Å². The number of aromatic nitrogens is 2. The van der Waals surface area contributed by atoms with Crippen molar-refractivity contribution in [1.82, 2.24) is 14.7 Å². The highest BCUT2D eigenvalue weighted by molar-refractivity contribution is 5.24. The zero-order valence-electron chi connectivity index (χ0n) is 11.1. The van der Waals surface area contributed by atoms with Crippen LogP contribution in [0.2, 0.25) is 0 Å². The van der Waals surface area contributed by atoms with E-state index in [4.69, 9.17) is 0 Å². The molecule has 0 spiro atoms. The summed E-state index contributed by atoms with van der Waals surface area (Å²) in [7, 11) is 2.00. The fourth-order valence-electron chi connectivity index (χ4n) is 2.71. The van der Waals surface area contributed by atoms with E-state index in [1.807, 2.05) is 11.7 Å². The van der Waals surface area contributed by atoms with Crippen LogP contribution in [0, 0.1) is 19.8 Å². The van der Waals surface area contributed by atoms with Crippen LogP contribution in [-0.2, 0) is 13.6 Å². The van der Waals surface area contributed by atoms with E-state index in [1.54, 1.807) is 0 Å². The SMILES string of the molecule is Cc1nn(C)c(C)c1CN1CCC[C@H](CO)C1. The highest BCUT2D eigenvalue weighted by Crippen LogP contribution is 2.20. The van der Waals surface area contributed by atoms with Crippen LogP contribution < -0.4 is 0 Å². The molecule has 1 N–H and O–H groups in total. The van der Waals surface area contributed by atoms with E-state index in [0.29, 0.717) is 12.5 Å². The summed E-state index contributed by atoms with van der Waals surface area (Å²) in [6.07, 6.45) is 2.36. The maximum Gasteiger partial charge on any atom is 0.0641 e. The zero-order chi connectivity index (χ0) is 12.4. The molecule has 4 nitrogen and oxygen atoms in total. The Hall–Kier alpha value is -0.870. The van der Waals surface area contributed by atoms with Crippen LogP contribution in [0.3, 0.4) is 0 Å². The molecule has 0 unspecified atom stereocenters. The van der Waals surface area contributed by atoms with Gasteiger partial charge in [0.25, 0.3) is 0 Å². The first kappa shape index (κ1) is 12.6. The fourth-order valence-corrected chi connectivity index (χ4v) is 2.71. The minimum atomic E-state index is 0.321. The van der Waals surface area contributed by atoms with Crippen molar-refractivity contribution in [3.63, 3.8) is 0 Å². The van der Waals surface area contributed by atoms with Gasteiger partial charge in [-0.15, -0.1) is 0 Å². The molecule has 0 amide bonds. The van der Waals surface area contributed by atoms with Gasteiger partial charge in [0.15, 0.2) is 0 Å². The normalized spacial score (nSPS) is 22.0. The first-order chi connectivity index (χ1) is 8.11. The van der Waals surface area contributed by atoms with Crippen molar-refractivity contribution >= 4 is 0 Å². The van der Waals surface area contributed by atoms with Gasteiger partial charge < -0.3 is 5.11 Å². The molecule has 1 fully saturated rings. The Morgan fingerprint density at radius 3 is 2.76 bits per heavy atom. The van der Waals surface area contributed by atoms with E-state index in [0.717, 1.165) is 31.7 Å². The smallest absolute Gasteiger partial charge is 0.0641 e. The van der Waals surface area contributed by atoms with Crippen LogP contribution in [0.4, 0.5) is 0 Å². The number of aliphatic hydroxyl groups is 1. The Morgan fingerprint density at radius 1 is 1.41 bits per heavy atom. The third-order valence-electron chi connectivity index (χ3n) is 3.90. The van der Waals surface area contributed by atoms with Crippen molar-refractivity contribution in [2.75, 3.05) is 19.7 Å². The standard InChI is InChI=1S/C13H23N3O/c1-10-13(11(2)15(3)14-10)8-16-6-4-5-12(7-16)9-17/h12,17H,4-9H2,1-3H3/t12-/m0/s1. The Kier molecular flexibility index (Phi) is 3.84. The first-order valence-corrected chi connectivity index (χ1v) is 6.44. The second-order valence-corrected chi connectivity index (χ2v) is 5.20. The lowest BCUT2D eigenvalue weighted by molar-refractivity contribution is 0.115. The summed E-state index contributed by atoms with van der Waals surface area (Å²) in [6.45, 7) is 7.66. The molecular weight excluding hydrogens is 214 g/mol. The predicted octanol–water partition coefficient (Wildman–Crippen LogP) is 1.24. The van der Waals surface area contributed by atoms with Crippen LogP contribution in [0.25, 0.3) is 0 Å². The molecule has 0 aromatic carbocycles. The maximum absolute atomic E-state index is 9.25. The number of likely N-dealkylation sites (tertiary alicyclic amines) is 1. The molecule has 1 aliphatic heterocycles. The van der Waals surface area contributed by atoms with Crippen LogP contribution in [0.5, 0.6) is 0 Å². The topological polar surface area (TPSA) is 41.3 Å². The molecule has 0 bridgehead atoms. The molecule has 4 heteroatoms. The summed E-state index contributed by atoms with van der Waals surface area (Å²) in [5, 5.41) is 13.7. The minimum absolute atomic E-state index is 0.321. The van der Waals surface area contributed by atoms with E-state index in [-0.39, 0.29) is 0 Å². The van der Waals surface area contributed by atoms with E-state index in [1.165, 1.54) is 17.7 Å². The summed E-state index contributed by atoms with van der Waals surface area (Å²) in [6, 6.07) is 0. The third kappa shape index (κ3) is 2.69. The van der Waals surface area contributed by atoms with E-state index in [9.17, 15) is 5.11 Å². The van der Waals surface area contributed by atoms with Crippen molar-refractivity contribution < 1.29 is 5.11 Å². The molecule has 2 rings (SSSR count). The molecule has 1 aromatic rings. The molecule has 1 saturated heterocycles. The molecule has 0 saturated carbocycles. The number of piperidine rings is 1. The van der Waals surface area contributed by atoms with Crippen LogP contribution >= 0.6 is 0 Å². The molecule has 1 atom stereocenters. The molecule has 96 valence electrons. The number of nitrogens with zero attached hydrogens (tertiary/aromatic N) is 3. The van der Waals surface area contributed by atoms with Gasteiger partial charge in [-0.05, 0) is 39.2 Å². The molecule has 1 aromatic heterocycles. The number of hydrogen-bond acceptors (Lipinski definition) is 3. The van der Waals surface area contributed by atoms with Gasteiger partial charge in [-0.3, -0.25) is 9.58 Å². The van der Waals surface area contributed by atoms with Gasteiger partial charge in [0.1, 0.15) is 0 Å². The Balaban J connectivity index is 2.05. The number of hydrogen-bond donors (Lipinski definition) is 1. The number of aliphatic hydroxyl groups excluding tert-OH is 1. The number of aryl methyl sites for hydroxylation is 2. The first-order valence-electron chi connectivity index (χ1n) is 6.44. The summed E-state index contributed by atoms with van der Waals surface area (Å²) < 4.78 is 1.96. The summed E-state index contributed by atoms with van der Waals surface area (Å²) >= 11 is 0. The van der Waals surface area contributed by atoms with Crippen molar-refractivity contribution in [3.8, 4) is 0 Å². The van der Waals surface area contributed by atoms with Gasteiger partial charge >= 0.3 is 0 Å². The zero-order valence-corrected chi connectivity index (χ0v) is 11.1. The molecule has 0 aliphatic carbocycles. The second-order valence-electron chi connectivity index (χ2n) is 5.20. The van der Waals surface area contributed by atoms with Crippen molar-refractivity contribution in [3.05, 3.63) is 17.0 Å². The van der Waals surface area contributed by atoms with Gasteiger partial charge in [0.05, 0.1) is 5.69 Å². The van der Waals surface area contributed by atoms with Crippen molar-refractivity contribution in [2.24, 2.45) is 13.0 Å². The molecule has 17 heavy (non-hydrogen) atoms. The molecular formula is C13H23N3O. The average Bonchev–Trinajstić information content (AvgIpc) is 2.56. The van der Waals surface area contributed by atoms with Gasteiger partial charge in [0, 0.05) is 38.0 Å².